The second-order valence-corrected chi connectivity index (χ2v) is 8.41. The van der Waals surface area contributed by atoms with Gasteiger partial charge in [-0.1, -0.05) is 30.3 Å². The van der Waals surface area contributed by atoms with E-state index in [9.17, 15) is 9.90 Å². The van der Waals surface area contributed by atoms with Crippen molar-refractivity contribution in [2.45, 2.75) is 32.4 Å². The molecule has 3 heterocycles. The van der Waals surface area contributed by atoms with Crippen LogP contribution in [0.3, 0.4) is 0 Å². The van der Waals surface area contributed by atoms with Crippen LogP contribution in [0.25, 0.3) is 10.2 Å². The summed E-state index contributed by atoms with van der Waals surface area (Å²) >= 11 is 1.37. The Morgan fingerprint density at radius 1 is 1.33 bits per heavy atom. The number of amides is 1. The largest absolute Gasteiger partial charge is 0.395 e. The summed E-state index contributed by atoms with van der Waals surface area (Å²) in [4.78, 5) is 25.2. The van der Waals surface area contributed by atoms with Gasteiger partial charge in [-0.2, -0.15) is 0 Å². The first-order chi connectivity index (χ1) is 14.7. The number of thiophene rings is 1. The Morgan fingerprint density at radius 2 is 2.17 bits per heavy atom. The molecule has 0 saturated carbocycles. The van der Waals surface area contributed by atoms with Gasteiger partial charge in [-0.3, -0.25) is 4.79 Å². The molecule has 2 aromatic heterocycles. The molecule has 1 amide bonds. The van der Waals surface area contributed by atoms with Gasteiger partial charge in [-0.15, -0.1) is 11.3 Å². The van der Waals surface area contributed by atoms with E-state index in [0.717, 1.165) is 46.6 Å². The Balaban J connectivity index is 1.59. The smallest absolute Gasteiger partial charge is 0.264 e. The van der Waals surface area contributed by atoms with Gasteiger partial charge < -0.3 is 20.1 Å². The molecule has 1 aliphatic rings. The Hall–Kier alpha value is -2.55. The lowest BCUT2D eigenvalue weighted by Crippen LogP contribution is -2.33. The second-order valence-electron chi connectivity index (χ2n) is 7.41. The van der Waals surface area contributed by atoms with E-state index in [1.165, 1.54) is 17.7 Å². The number of fused-ring (bicyclic) bond motifs is 1. The highest BCUT2D eigenvalue weighted by molar-refractivity contribution is 7.20. The van der Waals surface area contributed by atoms with E-state index < -0.39 is 0 Å². The van der Waals surface area contributed by atoms with Crippen molar-refractivity contribution < 1.29 is 14.6 Å². The number of aromatic nitrogens is 2. The SMILES string of the molecule is Cc1c(C(=O)N(CCO)Cc2ccccc2)sc2ncnc(NCC3CCCO3)c12. The number of benzene rings is 1. The van der Waals surface area contributed by atoms with Crippen LogP contribution >= 0.6 is 11.3 Å². The van der Waals surface area contributed by atoms with Crippen molar-refractivity contribution in [2.75, 3.05) is 31.6 Å². The summed E-state index contributed by atoms with van der Waals surface area (Å²) in [5, 5.41) is 13.8. The molecule has 4 rings (SSSR count). The molecule has 1 saturated heterocycles. The van der Waals surface area contributed by atoms with E-state index in [0.29, 0.717) is 18.0 Å². The lowest BCUT2D eigenvalue weighted by atomic mass is 10.1. The predicted molar refractivity (Wildman–Crippen MR) is 118 cm³/mol. The molecular weight excluding hydrogens is 400 g/mol. The summed E-state index contributed by atoms with van der Waals surface area (Å²) in [7, 11) is 0. The standard InChI is InChI=1S/C22H26N4O3S/c1-15-18-20(23-12-17-8-5-11-29-17)24-14-25-21(18)30-19(15)22(28)26(9-10-27)13-16-6-3-2-4-7-16/h2-4,6-7,14,17,27H,5,8-13H2,1H3,(H,23,24,25). The molecule has 0 bridgehead atoms. The van der Waals surface area contributed by atoms with Gasteiger partial charge >= 0.3 is 0 Å². The molecule has 1 atom stereocenters. The van der Waals surface area contributed by atoms with E-state index >= 15 is 0 Å². The van der Waals surface area contributed by atoms with Crippen molar-refractivity contribution in [3.8, 4) is 0 Å². The summed E-state index contributed by atoms with van der Waals surface area (Å²) in [5.74, 6) is 0.638. The molecule has 158 valence electrons. The zero-order valence-corrected chi connectivity index (χ0v) is 17.8. The van der Waals surface area contributed by atoms with Gasteiger partial charge in [0.25, 0.3) is 5.91 Å². The molecule has 7 nitrogen and oxygen atoms in total. The molecule has 30 heavy (non-hydrogen) atoms. The lowest BCUT2D eigenvalue weighted by Gasteiger charge is -2.21. The molecule has 1 fully saturated rings. The van der Waals surface area contributed by atoms with Crippen LogP contribution in [-0.4, -0.2) is 58.3 Å². The monoisotopic (exact) mass is 426 g/mol. The van der Waals surface area contributed by atoms with Gasteiger partial charge in [0.2, 0.25) is 0 Å². The number of ether oxygens (including phenoxy) is 1. The summed E-state index contributed by atoms with van der Waals surface area (Å²) in [5.41, 5.74) is 1.89. The van der Waals surface area contributed by atoms with Crippen LogP contribution in [0, 0.1) is 6.92 Å². The summed E-state index contributed by atoms with van der Waals surface area (Å²) in [6.45, 7) is 4.07. The normalized spacial score (nSPS) is 16.1. The van der Waals surface area contributed by atoms with Gasteiger partial charge in [-0.25, -0.2) is 9.97 Å². The minimum Gasteiger partial charge on any atom is -0.395 e. The Labute approximate surface area is 179 Å². The fourth-order valence-electron chi connectivity index (χ4n) is 3.75. The number of carbonyl (C=O) groups is 1. The Morgan fingerprint density at radius 3 is 2.90 bits per heavy atom. The number of aliphatic hydroxyl groups is 1. The van der Waals surface area contributed by atoms with Gasteiger partial charge in [0.1, 0.15) is 17.0 Å². The van der Waals surface area contributed by atoms with Crippen LogP contribution in [0.15, 0.2) is 36.7 Å². The molecule has 0 aliphatic carbocycles. The number of nitrogens with one attached hydrogen (secondary N) is 1. The van der Waals surface area contributed by atoms with E-state index in [-0.39, 0.29) is 25.2 Å². The number of carbonyl (C=O) groups excluding carboxylic acids is 1. The van der Waals surface area contributed by atoms with Crippen LogP contribution in [0.5, 0.6) is 0 Å². The quantitative estimate of drug-likeness (QED) is 0.575. The van der Waals surface area contributed by atoms with Crippen molar-refractivity contribution in [1.82, 2.24) is 14.9 Å². The van der Waals surface area contributed by atoms with Crippen molar-refractivity contribution in [3.05, 3.63) is 52.7 Å². The minimum absolute atomic E-state index is 0.0868. The Kier molecular flexibility index (Phi) is 6.56. The van der Waals surface area contributed by atoms with Crippen LogP contribution in [0.2, 0.25) is 0 Å². The molecule has 2 N–H and O–H groups in total. The van der Waals surface area contributed by atoms with Crippen LogP contribution < -0.4 is 5.32 Å². The average molecular weight is 427 g/mol. The highest BCUT2D eigenvalue weighted by Crippen LogP contribution is 2.34. The number of rotatable bonds is 8. The minimum atomic E-state index is -0.0986. The van der Waals surface area contributed by atoms with Gasteiger partial charge in [0, 0.05) is 26.2 Å². The van der Waals surface area contributed by atoms with Crippen LogP contribution in [0.4, 0.5) is 5.82 Å². The number of nitrogens with zero attached hydrogens (tertiary/aromatic N) is 3. The first-order valence-electron chi connectivity index (χ1n) is 10.2. The summed E-state index contributed by atoms with van der Waals surface area (Å²) < 4.78 is 5.69. The van der Waals surface area contributed by atoms with E-state index in [1.807, 2.05) is 37.3 Å². The van der Waals surface area contributed by atoms with Crippen molar-refractivity contribution in [3.63, 3.8) is 0 Å². The maximum Gasteiger partial charge on any atom is 0.264 e. The maximum absolute atomic E-state index is 13.3. The molecule has 1 aliphatic heterocycles. The van der Waals surface area contributed by atoms with Crippen LogP contribution in [-0.2, 0) is 11.3 Å². The van der Waals surface area contributed by atoms with E-state index in [1.54, 1.807) is 4.90 Å². The summed E-state index contributed by atoms with van der Waals surface area (Å²) in [6.07, 6.45) is 3.85. The third-order valence-electron chi connectivity index (χ3n) is 5.32. The molecule has 8 heteroatoms. The number of aryl methyl sites for hydroxylation is 1. The number of anilines is 1. The number of hydrogen-bond donors (Lipinski definition) is 2. The molecule has 1 aromatic carbocycles. The van der Waals surface area contributed by atoms with E-state index in [4.69, 9.17) is 4.74 Å². The maximum atomic E-state index is 13.3. The van der Waals surface area contributed by atoms with Crippen LogP contribution in [0.1, 0.15) is 33.6 Å². The zero-order chi connectivity index (χ0) is 20.9. The fourth-order valence-corrected chi connectivity index (χ4v) is 4.86. The zero-order valence-electron chi connectivity index (χ0n) is 17.0. The molecular formula is C22H26N4O3S. The molecule has 0 radical (unpaired) electrons. The number of hydrogen-bond acceptors (Lipinski definition) is 7. The topological polar surface area (TPSA) is 87.6 Å². The third kappa shape index (κ3) is 4.45. The van der Waals surface area contributed by atoms with Gasteiger partial charge in [0.05, 0.1) is 23.0 Å². The number of aliphatic hydroxyl groups excluding tert-OH is 1. The summed E-state index contributed by atoms with van der Waals surface area (Å²) in [6, 6.07) is 9.80. The fraction of sp³-hybridized carbons (Fsp3) is 0.409. The lowest BCUT2D eigenvalue weighted by molar-refractivity contribution is 0.0712. The first-order valence-corrected chi connectivity index (χ1v) is 11.0. The van der Waals surface area contributed by atoms with Crippen molar-refractivity contribution in [2.24, 2.45) is 0 Å². The second kappa shape index (κ2) is 9.51. The van der Waals surface area contributed by atoms with Crippen molar-refractivity contribution in [1.29, 1.82) is 0 Å². The highest BCUT2D eigenvalue weighted by Gasteiger charge is 2.24. The van der Waals surface area contributed by atoms with Gasteiger partial charge in [0.15, 0.2) is 0 Å². The average Bonchev–Trinajstić information content (AvgIpc) is 3.40. The molecule has 1 unspecified atom stereocenters. The predicted octanol–water partition coefficient (Wildman–Crippen LogP) is 3.23. The van der Waals surface area contributed by atoms with Gasteiger partial charge in [-0.05, 0) is 30.9 Å². The third-order valence-corrected chi connectivity index (χ3v) is 6.50. The van der Waals surface area contributed by atoms with Crippen molar-refractivity contribution >= 4 is 33.3 Å². The molecule has 3 aromatic rings. The molecule has 0 spiro atoms. The first kappa shape index (κ1) is 20.7. The Bertz CT molecular complexity index is 1000. The highest BCUT2D eigenvalue weighted by atomic mass is 32.1. The van der Waals surface area contributed by atoms with E-state index in [2.05, 4.69) is 15.3 Å².